The maximum atomic E-state index is 12.5. The minimum Gasteiger partial charge on any atom is -0.490 e. The maximum absolute atomic E-state index is 12.5. The molecule has 0 fully saturated rings. The van der Waals surface area contributed by atoms with Gasteiger partial charge in [-0.05, 0) is 25.5 Å². The van der Waals surface area contributed by atoms with E-state index in [1.54, 1.807) is 19.1 Å². The van der Waals surface area contributed by atoms with Gasteiger partial charge in [0.1, 0.15) is 0 Å². The van der Waals surface area contributed by atoms with Crippen LogP contribution in [0.1, 0.15) is 26.7 Å². The number of hydrogen-bond acceptors (Lipinski definition) is 5. The van der Waals surface area contributed by atoms with Gasteiger partial charge < -0.3 is 15.2 Å². The van der Waals surface area contributed by atoms with Crippen LogP contribution >= 0.6 is 0 Å². The van der Waals surface area contributed by atoms with Crippen molar-refractivity contribution in [1.82, 2.24) is 0 Å². The van der Waals surface area contributed by atoms with Gasteiger partial charge in [-0.1, -0.05) is 6.92 Å². The molecular formula is C14H21NO4S. The van der Waals surface area contributed by atoms with Gasteiger partial charge in [-0.3, -0.25) is 0 Å². The molecule has 0 radical (unpaired) electrons. The average Bonchev–Trinajstić information content (AvgIpc) is 2.69. The van der Waals surface area contributed by atoms with Crippen LogP contribution in [-0.4, -0.2) is 32.9 Å². The van der Waals surface area contributed by atoms with Gasteiger partial charge in [-0.15, -0.1) is 0 Å². The second-order valence-corrected chi connectivity index (χ2v) is 7.29. The first-order chi connectivity index (χ1) is 9.46. The number of nitrogens with two attached hydrogens (primary N) is 1. The molecule has 2 atom stereocenters. The van der Waals surface area contributed by atoms with Crippen LogP contribution in [0.5, 0.6) is 11.5 Å². The van der Waals surface area contributed by atoms with E-state index < -0.39 is 15.1 Å². The highest BCUT2D eigenvalue weighted by Crippen LogP contribution is 2.33. The summed E-state index contributed by atoms with van der Waals surface area (Å²) < 4.78 is 36.1. The second-order valence-electron chi connectivity index (χ2n) is 4.98. The Morgan fingerprint density at radius 3 is 2.55 bits per heavy atom. The normalized spacial score (nSPS) is 18.1. The van der Waals surface area contributed by atoms with Crippen molar-refractivity contribution < 1.29 is 17.9 Å². The zero-order valence-electron chi connectivity index (χ0n) is 11.8. The number of rotatable bonds is 4. The number of ether oxygens (including phenoxy) is 2. The van der Waals surface area contributed by atoms with E-state index in [0.29, 0.717) is 31.1 Å². The van der Waals surface area contributed by atoms with Gasteiger partial charge in [0.2, 0.25) is 0 Å². The third-order valence-electron chi connectivity index (χ3n) is 3.61. The van der Waals surface area contributed by atoms with Gasteiger partial charge in [0.15, 0.2) is 21.3 Å². The lowest BCUT2D eigenvalue weighted by Gasteiger charge is -2.19. The molecule has 112 valence electrons. The number of fused-ring (bicyclic) bond motifs is 1. The van der Waals surface area contributed by atoms with E-state index in [1.165, 1.54) is 6.07 Å². The van der Waals surface area contributed by atoms with Gasteiger partial charge >= 0.3 is 0 Å². The first-order valence-electron chi connectivity index (χ1n) is 6.86. The molecule has 2 rings (SSSR count). The van der Waals surface area contributed by atoms with Crippen molar-refractivity contribution in [3.05, 3.63) is 18.2 Å². The van der Waals surface area contributed by atoms with Crippen LogP contribution < -0.4 is 15.2 Å². The topological polar surface area (TPSA) is 78.6 Å². The molecular weight excluding hydrogens is 278 g/mol. The maximum Gasteiger partial charge on any atom is 0.182 e. The van der Waals surface area contributed by atoms with Gasteiger partial charge in [-0.25, -0.2) is 8.42 Å². The Balaban J connectivity index is 2.35. The van der Waals surface area contributed by atoms with Crippen LogP contribution in [0.2, 0.25) is 0 Å². The fourth-order valence-corrected chi connectivity index (χ4v) is 3.71. The predicted octanol–water partition coefficient (Wildman–Crippen LogP) is 1.75. The molecule has 2 unspecified atom stereocenters. The third-order valence-corrected chi connectivity index (χ3v) is 5.85. The van der Waals surface area contributed by atoms with Crippen LogP contribution in [0.15, 0.2) is 23.1 Å². The lowest BCUT2D eigenvalue weighted by Crippen LogP contribution is -2.37. The highest BCUT2D eigenvalue weighted by Gasteiger charge is 2.29. The summed E-state index contributed by atoms with van der Waals surface area (Å²) in [6.45, 7) is 4.63. The van der Waals surface area contributed by atoms with Gasteiger partial charge in [-0.2, -0.15) is 0 Å². The van der Waals surface area contributed by atoms with E-state index in [9.17, 15) is 8.42 Å². The Morgan fingerprint density at radius 2 is 1.90 bits per heavy atom. The molecule has 0 spiro atoms. The third kappa shape index (κ3) is 2.91. The molecule has 1 aromatic carbocycles. The fourth-order valence-electron chi connectivity index (χ4n) is 2.10. The predicted molar refractivity (Wildman–Crippen MR) is 77.0 cm³/mol. The number of benzene rings is 1. The molecule has 1 heterocycles. The van der Waals surface area contributed by atoms with Crippen LogP contribution in [0, 0.1) is 0 Å². The summed E-state index contributed by atoms with van der Waals surface area (Å²) in [7, 11) is -3.46. The number of hydrogen-bond donors (Lipinski definition) is 1. The Hall–Kier alpha value is -1.27. The zero-order chi connectivity index (χ0) is 14.8. The minimum atomic E-state index is -3.46. The smallest absolute Gasteiger partial charge is 0.182 e. The quantitative estimate of drug-likeness (QED) is 0.916. The molecule has 6 heteroatoms. The van der Waals surface area contributed by atoms with Crippen LogP contribution in [0.4, 0.5) is 0 Å². The summed E-state index contributed by atoms with van der Waals surface area (Å²) in [6, 6.07) is 4.37. The average molecular weight is 299 g/mol. The van der Waals surface area contributed by atoms with Crippen molar-refractivity contribution in [3.8, 4) is 11.5 Å². The van der Waals surface area contributed by atoms with Crippen molar-refractivity contribution in [3.63, 3.8) is 0 Å². The van der Waals surface area contributed by atoms with E-state index in [2.05, 4.69) is 0 Å². The minimum absolute atomic E-state index is 0.234. The summed E-state index contributed by atoms with van der Waals surface area (Å²) in [5.41, 5.74) is 5.87. The van der Waals surface area contributed by atoms with Crippen LogP contribution in [0.3, 0.4) is 0 Å². The molecule has 20 heavy (non-hydrogen) atoms. The number of sulfone groups is 1. The summed E-state index contributed by atoms with van der Waals surface area (Å²) >= 11 is 0. The first-order valence-corrected chi connectivity index (χ1v) is 8.40. The van der Waals surface area contributed by atoms with E-state index in [1.807, 2.05) is 6.92 Å². The molecule has 1 aliphatic heterocycles. The summed E-state index contributed by atoms with van der Waals surface area (Å²) in [5.74, 6) is 1.08. The molecule has 1 aromatic rings. The molecule has 0 bridgehead atoms. The van der Waals surface area contributed by atoms with Crippen LogP contribution in [-0.2, 0) is 9.84 Å². The molecule has 2 N–H and O–H groups in total. The van der Waals surface area contributed by atoms with E-state index >= 15 is 0 Å². The molecule has 0 aliphatic carbocycles. The van der Waals surface area contributed by atoms with Gasteiger partial charge in [0.05, 0.1) is 23.4 Å². The van der Waals surface area contributed by atoms with Gasteiger partial charge in [0, 0.05) is 18.5 Å². The Bertz CT molecular complexity index is 571. The van der Waals surface area contributed by atoms with E-state index in [-0.39, 0.29) is 10.9 Å². The second kappa shape index (κ2) is 6.01. The fraction of sp³-hybridized carbons (Fsp3) is 0.571. The highest BCUT2D eigenvalue weighted by molar-refractivity contribution is 7.92. The van der Waals surface area contributed by atoms with Crippen molar-refractivity contribution in [2.75, 3.05) is 13.2 Å². The molecule has 0 amide bonds. The lowest BCUT2D eigenvalue weighted by molar-refractivity contribution is 0.297. The largest absolute Gasteiger partial charge is 0.490 e. The Morgan fingerprint density at radius 1 is 1.25 bits per heavy atom. The molecule has 5 nitrogen and oxygen atoms in total. The van der Waals surface area contributed by atoms with Crippen molar-refractivity contribution in [1.29, 1.82) is 0 Å². The van der Waals surface area contributed by atoms with Crippen molar-refractivity contribution in [2.24, 2.45) is 5.73 Å². The molecule has 0 saturated heterocycles. The van der Waals surface area contributed by atoms with Crippen molar-refractivity contribution in [2.45, 2.75) is 42.9 Å². The van der Waals surface area contributed by atoms with Crippen molar-refractivity contribution >= 4 is 9.84 Å². The summed E-state index contributed by atoms with van der Waals surface area (Å²) in [5, 5.41) is -0.628. The molecule has 1 aliphatic rings. The summed E-state index contributed by atoms with van der Waals surface area (Å²) in [6.07, 6.45) is 1.40. The summed E-state index contributed by atoms with van der Waals surface area (Å²) in [4.78, 5) is 0.234. The standard InChI is InChI=1S/C14H21NO4S/c1-3-12(15)10(2)20(16,17)11-5-6-13-14(9-11)19-8-4-7-18-13/h5-6,9-10,12H,3-4,7-8,15H2,1-2H3. The zero-order valence-corrected chi connectivity index (χ0v) is 12.7. The van der Waals surface area contributed by atoms with Gasteiger partial charge in [0.25, 0.3) is 0 Å². The monoisotopic (exact) mass is 299 g/mol. The molecule has 0 aromatic heterocycles. The van der Waals surface area contributed by atoms with E-state index in [0.717, 1.165) is 6.42 Å². The van der Waals surface area contributed by atoms with Crippen LogP contribution in [0.25, 0.3) is 0 Å². The Labute approximate surface area is 120 Å². The molecule has 0 saturated carbocycles. The SMILES string of the molecule is CCC(N)C(C)S(=O)(=O)c1ccc2c(c1)OCCCO2. The lowest BCUT2D eigenvalue weighted by atomic mass is 10.2. The first kappa shape index (κ1) is 15.1. The van der Waals surface area contributed by atoms with E-state index in [4.69, 9.17) is 15.2 Å². The highest BCUT2D eigenvalue weighted by atomic mass is 32.2. The Kier molecular flexibility index (Phi) is 4.55.